The summed E-state index contributed by atoms with van der Waals surface area (Å²) in [7, 11) is 1.94. The number of fused-ring (bicyclic) bond motifs is 1. The minimum absolute atomic E-state index is 0.0621. The Bertz CT molecular complexity index is 672. The summed E-state index contributed by atoms with van der Waals surface area (Å²) >= 11 is 3.50. The van der Waals surface area contributed by atoms with E-state index >= 15 is 0 Å². The normalized spacial score (nSPS) is 16.2. The Balaban J connectivity index is 1.62. The van der Waals surface area contributed by atoms with E-state index in [1.807, 2.05) is 48.3 Å². The van der Waals surface area contributed by atoms with Crippen molar-refractivity contribution in [3.8, 4) is 0 Å². The van der Waals surface area contributed by atoms with Gasteiger partial charge in [-0.1, -0.05) is 40.2 Å². The van der Waals surface area contributed by atoms with Gasteiger partial charge >= 0.3 is 0 Å². The van der Waals surface area contributed by atoms with Gasteiger partial charge in [-0.2, -0.15) is 0 Å². The van der Waals surface area contributed by atoms with Gasteiger partial charge in [0, 0.05) is 17.2 Å². The lowest BCUT2D eigenvalue weighted by atomic mass is 10.1. The number of anilines is 1. The molecule has 1 unspecified atom stereocenters. The van der Waals surface area contributed by atoms with Gasteiger partial charge in [0.05, 0.1) is 12.6 Å². The van der Waals surface area contributed by atoms with Crippen LogP contribution in [0.1, 0.15) is 23.6 Å². The molecule has 1 aliphatic carbocycles. The zero-order chi connectivity index (χ0) is 15.5. The number of para-hydroxylation sites is 1. The molecule has 1 amide bonds. The third kappa shape index (κ3) is 3.33. The highest BCUT2D eigenvalue weighted by Gasteiger charge is 2.24. The number of benzene rings is 2. The van der Waals surface area contributed by atoms with Crippen molar-refractivity contribution in [2.45, 2.75) is 18.9 Å². The number of aryl methyl sites for hydroxylation is 1. The van der Waals surface area contributed by atoms with E-state index in [2.05, 4.69) is 33.4 Å². The van der Waals surface area contributed by atoms with Gasteiger partial charge in [0.15, 0.2) is 0 Å². The SMILES string of the molecule is CN(CC(=O)NC1CCc2cc(Br)ccc21)c1ccccc1. The first-order chi connectivity index (χ1) is 10.6. The van der Waals surface area contributed by atoms with Crippen molar-refractivity contribution in [2.75, 3.05) is 18.5 Å². The van der Waals surface area contributed by atoms with Crippen molar-refractivity contribution in [1.29, 1.82) is 0 Å². The fourth-order valence-corrected chi connectivity index (χ4v) is 3.37. The molecule has 0 bridgehead atoms. The van der Waals surface area contributed by atoms with Crippen molar-refractivity contribution < 1.29 is 4.79 Å². The van der Waals surface area contributed by atoms with Gasteiger partial charge in [0.25, 0.3) is 0 Å². The van der Waals surface area contributed by atoms with E-state index in [1.165, 1.54) is 11.1 Å². The fourth-order valence-electron chi connectivity index (χ4n) is 2.97. The third-order valence-corrected chi connectivity index (χ3v) is 4.59. The zero-order valence-electron chi connectivity index (χ0n) is 12.6. The lowest BCUT2D eigenvalue weighted by Crippen LogP contribution is -2.36. The molecule has 0 radical (unpaired) electrons. The number of rotatable bonds is 4. The maximum Gasteiger partial charge on any atom is 0.239 e. The highest BCUT2D eigenvalue weighted by Crippen LogP contribution is 2.32. The Labute approximate surface area is 139 Å². The Hall–Kier alpha value is -1.81. The number of nitrogens with one attached hydrogen (secondary N) is 1. The number of hydrogen-bond donors (Lipinski definition) is 1. The van der Waals surface area contributed by atoms with Crippen molar-refractivity contribution in [1.82, 2.24) is 5.32 Å². The van der Waals surface area contributed by atoms with Gasteiger partial charge in [-0.15, -0.1) is 0 Å². The van der Waals surface area contributed by atoms with E-state index in [9.17, 15) is 4.79 Å². The van der Waals surface area contributed by atoms with Crippen molar-refractivity contribution in [3.05, 3.63) is 64.1 Å². The second-order valence-electron chi connectivity index (χ2n) is 5.69. The largest absolute Gasteiger partial charge is 0.365 e. The van der Waals surface area contributed by atoms with Crippen LogP contribution in [0.4, 0.5) is 5.69 Å². The van der Waals surface area contributed by atoms with E-state index in [1.54, 1.807) is 0 Å². The molecule has 3 nitrogen and oxygen atoms in total. The molecule has 0 aliphatic heterocycles. The van der Waals surface area contributed by atoms with Crippen LogP contribution in [0.15, 0.2) is 53.0 Å². The number of carbonyl (C=O) groups is 1. The Morgan fingerprint density at radius 3 is 2.82 bits per heavy atom. The van der Waals surface area contributed by atoms with Gasteiger partial charge in [-0.25, -0.2) is 0 Å². The highest BCUT2D eigenvalue weighted by molar-refractivity contribution is 9.10. The van der Waals surface area contributed by atoms with Crippen LogP contribution >= 0.6 is 15.9 Å². The van der Waals surface area contributed by atoms with Crippen LogP contribution in [0.5, 0.6) is 0 Å². The maximum atomic E-state index is 12.3. The summed E-state index contributed by atoms with van der Waals surface area (Å²) in [6.45, 7) is 0.367. The maximum absolute atomic E-state index is 12.3. The average Bonchev–Trinajstić information content (AvgIpc) is 2.90. The first-order valence-corrected chi connectivity index (χ1v) is 8.26. The first-order valence-electron chi connectivity index (χ1n) is 7.47. The van der Waals surface area contributed by atoms with E-state index < -0.39 is 0 Å². The van der Waals surface area contributed by atoms with Crippen LogP contribution in [-0.2, 0) is 11.2 Å². The lowest BCUT2D eigenvalue weighted by Gasteiger charge is -2.21. The van der Waals surface area contributed by atoms with Gasteiger partial charge in [0.1, 0.15) is 0 Å². The molecule has 1 atom stereocenters. The van der Waals surface area contributed by atoms with Gasteiger partial charge < -0.3 is 10.2 Å². The summed E-state index contributed by atoms with van der Waals surface area (Å²) in [5, 5.41) is 3.16. The summed E-state index contributed by atoms with van der Waals surface area (Å²) in [4.78, 5) is 14.3. The molecule has 114 valence electrons. The lowest BCUT2D eigenvalue weighted by molar-refractivity contribution is -0.120. The number of likely N-dealkylation sites (N-methyl/N-ethyl adjacent to an activating group) is 1. The Kier molecular flexibility index (Phi) is 4.48. The van der Waals surface area contributed by atoms with Crippen LogP contribution in [-0.4, -0.2) is 19.5 Å². The first kappa shape index (κ1) is 15.1. The van der Waals surface area contributed by atoms with Crippen LogP contribution in [0.2, 0.25) is 0 Å². The second-order valence-corrected chi connectivity index (χ2v) is 6.61. The molecule has 2 aromatic carbocycles. The van der Waals surface area contributed by atoms with Gasteiger partial charge in [-0.05, 0) is 48.2 Å². The van der Waals surface area contributed by atoms with E-state index in [4.69, 9.17) is 0 Å². The molecular formula is C18H19BrN2O. The zero-order valence-corrected chi connectivity index (χ0v) is 14.1. The number of halogens is 1. The molecule has 0 saturated carbocycles. The molecule has 0 spiro atoms. The summed E-state index contributed by atoms with van der Waals surface area (Å²) in [5.74, 6) is 0.0621. The molecule has 0 fully saturated rings. The molecule has 0 heterocycles. The minimum atomic E-state index is 0.0621. The minimum Gasteiger partial charge on any atom is -0.365 e. The van der Waals surface area contributed by atoms with E-state index in [0.717, 1.165) is 23.0 Å². The monoisotopic (exact) mass is 358 g/mol. The summed E-state index contributed by atoms with van der Waals surface area (Å²) in [6.07, 6.45) is 2.00. The van der Waals surface area contributed by atoms with Crippen LogP contribution in [0.25, 0.3) is 0 Å². The van der Waals surface area contributed by atoms with Crippen molar-refractivity contribution in [3.63, 3.8) is 0 Å². The predicted octanol–water partition coefficient (Wildman–Crippen LogP) is 3.69. The van der Waals surface area contributed by atoms with Crippen molar-refractivity contribution >= 4 is 27.5 Å². The predicted molar refractivity (Wildman–Crippen MR) is 93.1 cm³/mol. The van der Waals surface area contributed by atoms with E-state index in [0.29, 0.717) is 6.54 Å². The average molecular weight is 359 g/mol. The molecule has 0 aromatic heterocycles. The second kappa shape index (κ2) is 6.53. The van der Waals surface area contributed by atoms with E-state index in [-0.39, 0.29) is 11.9 Å². The number of nitrogens with zero attached hydrogens (tertiary/aromatic N) is 1. The quantitative estimate of drug-likeness (QED) is 0.903. The topological polar surface area (TPSA) is 32.3 Å². The fraction of sp³-hybridized carbons (Fsp3) is 0.278. The Morgan fingerprint density at radius 2 is 2.05 bits per heavy atom. The van der Waals surface area contributed by atoms with Gasteiger partial charge in [-0.3, -0.25) is 4.79 Å². The molecule has 1 aliphatic rings. The van der Waals surface area contributed by atoms with Crippen molar-refractivity contribution in [2.24, 2.45) is 0 Å². The highest BCUT2D eigenvalue weighted by atomic mass is 79.9. The molecular weight excluding hydrogens is 340 g/mol. The Morgan fingerprint density at radius 1 is 1.27 bits per heavy atom. The standard InChI is InChI=1S/C18H19BrN2O/c1-21(15-5-3-2-4-6-15)12-18(22)20-17-10-7-13-11-14(19)8-9-16(13)17/h2-6,8-9,11,17H,7,10,12H2,1H3,(H,20,22). The number of hydrogen-bond acceptors (Lipinski definition) is 2. The number of amides is 1. The van der Waals surface area contributed by atoms with Gasteiger partial charge in [0.2, 0.25) is 5.91 Å². The summed E-state index contributed by atoms with van der Waals surface area (Å²) in [6, 6.07) is 16.4. The van der Waals surface area contributed by atoms with Crippen LogP contribution in [0.3, 0.4) is 0 Å². The smallest absolute Gasteiger partial charge is 0.239 e. The molecule has 2 aromatic rings. The molecule has 22 heavy (non-hydrogen) atoms. The molecule has 3 rings (SSSR count). The molecule has 0 saturated heterocycles. The summed E-state index contributed by atoms with van der Waals surface area (Å²) < 4.78 is 1.10. The molecule has 1 N–H and O–H groups in total. The van der Waals surface area contributed by atoms with Crippen LogP contribution in [0, 0.1) is 0 Å². The number of carbonyl (C=O) groups excluding carboxylic acids is 1. The summed E-state index contributed by atoms with van der Waals surface area (Å²) in [5.41, 5.74) is 3.63. The van der Waals surface area contributed by atoms with Crippen LogP contribution < -0.4 is 10.2 Å². The molecule has 4 heteroatoms. The third-order valence-electron chi connectivity index (χ3n) is 4.10.